The van der Waals surface area contributed by atoms with Crippen molar-refractivity contribution in [3.05, 3.63) is 53.6 Å². The van der Waals surface area contributed by atoms with Crippen molar-refractivity contribution >= 4 is 5.91 Å². The first kappa shape index (κ1) is 13.5. The molecule has 1 aromatic carbocycles. The van der Waals surface area contributed by atoms with Gasteiger partial charge in [-0.15, -0.1) is 0 Å². The molecule has 1 amide bonds. The first-order valence-electron chi connectivity index (χ1n) is 7.74. The Kier molecular flexibility index (Phi) is 3.03. The second-order valence-electron chi connectivity index (χ2n) is 6.31. The van der Waals surface area contributed by atoms with E-state index in [0.717, 1.165) is 31.5 Å². The van der Waals surface area contributed by atoms with E-state index in [0.29, 0.717) is 18.0 Å². The fraction of sp³-hybridized carbons (Fsp3) is 0.412. The number of carbonyl (C=O) groups excluding carboxylic acids is 1. The molecule has 0 spiro atoms. The van der Waals surface area contributed by atoms with Crippen LogP contribution in [0.5, 0.6) is 0 Å². The van der Waals surface area contributed by atoms with Gasteiger partial charge in [-0.1, -0.05) is 18.2 Å². The number of aromatic amines is 1. The van der Waals surface area contributed by atoms with E-state index < -0.39 is 5.41 Å². The van der Waals surface area contributed by atoms with Crippen LogP contribution >= 0.6 is 0 Å². The Morgan fingerprint density at radius 3 is 2.82 bits per heavy atom. The summed E-state index contributed by atoms with van der Waals surface area (Å²) in [5, 5.41) is 6.96. The Bertz CT molecular complexity index is 694. The van der Waals surface area contributed by atoms with Crippen LogP contribution in [-0.4, -0.2) is 34.1 Å². The maximum atomic E-state index is 14.1. The first-order chi connectivity index (χ1) is 10.7. The fourth-order valence-corrected chi connectivity index (χ4v) is 3.57. The lowest BCUT2D eigenvalue weighted by molar-refractivity contribution is -0.133. The van der Waals surface area contributed by atoms with Crippen molar-refractivity contribution < 1.29 is 9.18 Å². The molecule has 4 nitrogen and oxygen atoms in total. The average Bonchev–Trinajstić information content (AvgIpc) is 2.96. The molecule has 1 saturated carbocycles. The molecule has 114 valence electrons. The van der Waals surface area contributed by atoms with E-state index in [1.54, 1.807) is 18.3 Å². The maximum absolute atomic E-state index is 14.1. The summed E-state index contributed by atoms with van der Waals surface area (Å²) in [4.78, 5) is 14.8. The molecule has 1 aromatic heterocycles. The Morgan fingerprint density at radius 1 is 1.32 bits per heavy atom. The van der Waals surface area contributed by atoms with Crippen LogP contribution in [0.1, 0.15) is 36.4 Å². The van der Waals surface area contributed by atoms with Gasteiger partial charge in [0.05, 0.1) is 5.41 Å². The number of halogens is 1. The third-order valence-electron chi connectivity index (χ3n) is 4.99. The number of aromatic nitrogens is 2. The van der Waals surface area contributed by atoms with Gasteiger partial charge < -0.3 is 4.90 Å². The molecule has 2 aromatic rings. The summed E-state index contributed by atoms with van der Waals surface area (Å²) in [6.45, 7) is 1.43. The summed E-state index contributed by atoms with van der Waals surface area (Å²) in [6, 6.07) is 8.64. The van der Waals surface area contributed by atoms with Gasteiger partial charge in [0.25, 0.3) is 0 Å². The number of hydrogen-bond donors (Lipinski definition) is 1. The molecule has 0 radical (unpaired) electrons. The highest BCUT2D eigenvalue weighted by Crippen LogP contribution is 2.51. The number of H-pyrrole nitrogens is 1. The summed E-state index contributed by atoms with van der Waals surface area (Å²) in [5.74, 6) is 0.125. The largest absolute Gasteiger partial charge is 0.341 e. The van der Waals surface area contributed by atoms with Crippen molar-refractivity contribution in [2.45, 2.75) is 30.6 Å². The lowest BCUT2D eigenvalue weighted by atomic mass is 9.94. The Morgan fingerprint density at radius 2 is 2.14 bits per heavy atom. The Labute approximate surface area is 128 Å². The number of likely N-dealkylation sites (tertiary alicyclic amines) is 1. The molecule has 2 fully saturated rings. The monoisotopic (exact) mass is 299 g/mol. The summed E-state index contributed by atoms with van der Waals surface area (Å²) < 4.78 is 14.1. The van der Waals surface area contributed by atoms with Gasteiger partial charge in [-0.3, -0.25) is 9.89 Å². The molecule has 5 heteroatoms. The number of benzene rings is 1. The zero-order valence-corrected chi connectivity index (χ0v) is 12.3. The molecular formula is C17H18FN3O. The lowest BCUT2D eigenvalue weighted by Gasteiger charge is -2.24. The van der Waals surface area contributed by atoms with Gasteiger partial charge >= 0.3 is 0 Å². The molecule has 2 heterocycles. The predicted octanol–water partition coefficient (Wildman–Crippen LogP) is 2.60. The van der Waals surface area contributed by atoms with E-state index in [2.05, 4.69) is 10.2 Å². The minimum Gasteiger partial charge on any atom is -0.341 e. The molecular weight excluding hydrogens is 281 g/mol. The number of amides is 1. The quantitative estimate of drug-likeness (QED) is 0.947. The van der Waals surface area contributed by atoms with E-state index in [-0.39, 0.29) is 11.7 Å². The van der Waals surface area contributed by atoms with E-state index in [4.69, 9.17) is 0 Å². The van der Waals surface area contributed by atoms with Crippen molar-refractivity contribution in [3.63, 3.8) is 0 Å². The van der Waals surface area contributed by atoms with E-state index >= 15 is 0 Å². The zero-order chi connectivity index (χ0) is 15.2. The Balaban J connectivity index is 1.54. The number of carbonyl (C=O) groups is 1. The van der Waals surface area contributed by atoms with Crippen molar-refractivity contribution in [2.24, 2.45) is 0 Å². The van der Waals surface area contributed by atoms with Crippen LogP contribution in [0.3, 0.4) is 0 Å². The normalized spacial score (nSPS) is 22.8. The summed E-state index contributed by atoms with van der Waals surface area (Å²) >= 11 is 0. The highest BCUT2D eigenvalue weighted by atomic mass is 19.1. The molecule has 1 saturated heterocycles. The number of nitrogens with zero attached hydrogens (tertiary/aromatic N) is 2. The maximum Gasteiger partial charge on any atom is 0.233 e. The molecule has 1 N–H and O–H groups in total. The van der Waals surface area contributed by atoms with Crippen molar-refractivity contribution in [3.8, 4) is 0 Å². The van der Waals surface area contributed by atoms with Gasteiger partial charge in [0.15, 0.2) is 0 Å². The molecule has 1 aliphatic heterocycles. The number of nitrogens with one attached hydrogen (secondary N) is 1. The van der Waals surface area contributed by atoms with Crippen LogP contribution in [0.25, 0.3) is 0 Å². The molecule has 1 aliphatic carbocycles. The topological polar surface area (TPSA) is 49.0 Å². The van der Waals surface area contributed by atoms with Gasteiger partial charge in [0.2, 0.25) is 5.91 Å². The van der Waals surface area contributed by atoms with Gasteiger partial charge in [0, 0.05) is 36.5 Å². The molecule has 1 unspecified atom stereocenters. The average molecular weight is 299 g/mol. The second kappa shape index (κ2) is 4.93. The van der Waals surface area contributed by atoms with Crippen LogP contribution < -0.4 is 0 Å². The SMILES string of the molecule is O=C(N1CCC(c2ccn[nH]2)C1)C1(c2ccccc2F)CC1. The third kappa shape index (κ3) is 2.03. The summed E-state index contributed by atoms with van der Waals surface area (Å²) in [6.07, 6.45) is 4.17. The molecule has 22 heavy (non-hydrogen) atoms. The van der Waals surface area contributed by atoms with Crippen molar-refractivity contribution in [1.29, 1.82) is 0 Å². The Hall–Kier alpha value is -2.17. The number of rotatable bonds is 3. The summed E-state index contributed by atoms with van der Waals surface area (Å²) in [5.41, 5.74) is 1.02. The third-order valence-corrected chi connectivity index (χ3v) is 4.99. The number of hydrogen-bond acceptors (Lipinski definition) is 2. The van der Waals surface area contributed by atoms with Crippen molar-refractivity contribution in [1.82, 2.24) is 15.1 Å². The minimum absolute atomic E-state index is 0.0830. The van der Waals surface area contributed by atoms with Gasteiger partial charge in [-0.2, -0.15) is 5.10 Å². The van der Waals surface area contributed by atoms with E-state index in [1.807, 2.05) is 17.0 Å². The summed E-state index contributed by atoms with van der Waals surface area (Å²) in [7, 11) is 0. The standard InChI is InChI=1S/C17H18FN3O/c18-14-4-2-1-3-13(14)17(7-8-17)16(22)21-10-6-12(11-21)15-5-9-19-20-15/h1-5,9,12H,6-8,10-11H2,(H,19,20). The van der Waals surface area contributed by atoms with Crippen molar-refractivity contribution in [2.75, 3.05) is 13.1 Å². The molecule has 0 bridgehead atoms. The lowest BCUT2D eigenvalue weighted by Crippen LogP contribution is -2.38. The van der Waals surface area contributed by atoms with E-state index in [1.165, 1.54) is 6.07 Å². The first-order valence-corrected chi connectivity index (χ1v) is 7.74. The van der Waals surface area contributed by atoms with Crippen LogP contribution in [0, 0.1) is 5.82 Å². The molecule has 4 rings (SSSR count). The fourth-order valence-electron chi connectivity index (χ4n) is 3.57. The van der Waals surface area contributed by atoms with Crippen LogP contribution in [0.15, 0.2) is 36.5 Å². The second-order valence-corrected chi connectivity index (χ2v) is 6.31. The smallest absolute Gasteiger partial charge is 0.233 e. The zero-order valence-electron chi connectivity index (χ0n) is 12.3. The predicted molar refractivity (Wildman–Crippen MR) is 79.8 cm³/mol. The van der Waals surface area contributed by atoms with Gasteiger partial charge in [-0.25, -0.2) is 4.39 Å². The van der Waals surface area contributed by atoms with Crippen LogP contribution in [-0.2, 0) is 10.2 Å². The van der Waals surface area contributed by atoms with Gasteiger partial charge in [0.1, 0.15) is 5.82 Å². The highest BCUT2D eigenvalue weighted by Gasteiger charge is 2.55. The van der Waals surface area contributed by atoms with Crippen LogP contribution in [0.2, 0.25) is 0 Å². The highest BCUT2D eigenvalue weighted by molar-refractivity contribution is 5.91. The van der Waals surface area contributed by atoms with E-state index in [9.17, 15) is 9.18 Å². The molecule has 2 aliphatic rings. The molecule has 1 atom stereocenters. The van der Waals surface area contributed by atoms with Crippen LogP contribution in [0.4, 0.5) is 4.39 Å². The minimum atomic E-state index is -0.617. The van der Waals surface area contributed by atoms with Gasteiger partial charge in [-0.05, 0) is 31.4 Å².